The van der Waals surface area contributed by atoms with Gasteiger partial charge in [0.1, 0.15) is 5.54 Å². The zero-order valence-electron chi connectivity index (χ0n) is 10.3. The highest BCUT2D eigenvalue weighted by atomic mass is 32.2. The van der Waals surface area contributed by atoms with Crippen LogP contribution in [0, 0.1) is 0 Å². The lowest BCUT2D eigenvalue weighted by molar-refractivity contribution is -0.144. The smallest absolute Gasteiger partial charge is 0.324 e. The minimum atomic E-state index is -0.703. The molecule has 1 aliphatic heterocycles. The van der Waals surface area contributed by atoms with E-state index in [1.54, 1.807) is 11.8 Å². The van der Waals surface area contributed by atoms with Gasteiger partial charge in [-0.05, 0) is 39.6 Å². The Morgan fingerprint density at radius 2 is 2.31 bits per heavy atom. The summed E-state index contributed by atoms with van der Waals surface area (Å²) in [7, 11) is 4.02. The van der Waals surface area contributed by atoms with Crippen molar-refractivity contribution in [2.45, 2.75) is 31.3 Å². The van der Waals surface area contributed by atoms with Crippen LogP contribution in [-0.2, 0) is 4.79 Å². The third-order valence-electron chi connectivity index (χ3n) is 3.27. The lowest BCUT2D eigenvalue weighted by Crippen LogP contribution is -2.58. The molecule has 0 aliphatic carbocycles. The molecule has 0 aromatic carbocycles. The van der Waals surface area contributed by atoms with Crippen LogP contribution in [-0.4, -0.2) is 59.7 Å². The highest BCUT2D eigenvalue weighted by Gasteiger charge is 2.39. The van der Waals surface area contributed by atoms with E-state index in [1.807, 2.05) is 14.1 Å². The van der Waals surface area contributed by atoms with E-state index in [0.717, 1.165) is 25.1 Å². The first-order valence-electron chi connectivity index (χ1n) is 5.70. The molecule has 0 radical (unpaired) electrons. The minimum Gasteiger partial charge on any atom is -0.480 e. The second-order valence-electron chi connectivity index (χ2n) is 4.74. The minimum absolute atomic E-state index is 0.350. The number of hydrogen-bond donors (Lipinski definition) is 2. The van der Waals surface area contributed by atoms with Crippen molar-refractivity contribution < 1.29 is 9.90 Å². The normalized spacial score (nSPS) is 28.0. The Morgan fingerprint density at radius 3 is 2.75 bits per heavy atom. The molecule has 1 heterocycles. The van der Waals surface area contributed by atoms with E-state index in [2.05, 4.69) is 17.1 Å². The standard InChI is InChI=1S/C11H22N2O2S/c1-9(13(2)3)7-12-11(10(14)15)5-4-6-16-8-11/h9,12H,4-8H2,1-3H3,(H,14,15). The third kappa shape index (κ3) is 3.37. The van der Waals surface area contributed by atoms with E-state index in [0.29, 0.717) is 11.8 Å². The van der Waals surface area contributed by atoms with Gasteiger partial charge >= 0.3 is 5.97 Å². The molecule has 0 aromatic rings. The molecule has 0 aromatic heterocycles. The maximum absolute atomic E-state index is 11.4. The number of nitrogens with one attached hydrogen (secondary N) is 1. The van der Waals surface area contributed by atoms with E-state index in [-0.39, 0.29) is 0 Å². The average Bonchev–Trinajstić information content (AvgIpc) is 2.26. The molecule has 0 amide bonds. The first-order valence-corrected chi connectivity index (χ1v) is 6.86. The van der Waals surface area contributed by atoms with Crippen LogP contribution in [0.15, 0.2) is 0 Å². The molecule has 1 fully saturated rings. The number of carboxylic acids is 1. The number of carbonyl (C=O) groups is 1. The van der Waals surface area contributed by atoms with Gasteiger partial charge in [0, 0.05) is 18.3 Å². The van der Waals surface area contributed by atoms with Crippen LogP contribution in [0.5, 0.6) is 0 Å². The van der Waals surface area contributed by atoms with Gasteiger partial charge in [-0.3, -0.25) is 10.1 Å². The van der Waals surface area contributed by atoms with Crippen molar-refractivity contribution in [2.75, 3.05) is 32.1 Å². The molecule has 1 rings (SSSR count). The van der Waals surface area contributed by atoms with Crippen LogP contribution >= 0.6 is 11.8 Å². The summed E-state index contributed by atoms with van der Waals surface area (Å²) in [5.74, 6) is 1.06. The van der Waals surface area contributed by atoms with Crippen molar-refractivity contribution >= 4 is 17.7 Å². The number of carboxylic acid groups (broad SMARTS) is 1. The Bertz CT molecular complexity index is 240. The van der Waals surface area contributed by atoms with Gasteiger partial charge in [0.25, 0.3) is 0 Å². The third-order valence-corrected chi connectivity index (χ3v) is 4.54. The van der Waals surface area contributed by atoms with Crippen molar-refractivity contribution in [2.24, 2.45) is 0 Å². The van der Waals surface area contributed by atoms with Gasteiger partial charge in [-0.15, -0.1) is 0 Å². The second-order valence-corrected chi connectivity index (χ2v) is 5.84. The van der Waals surface area contributed by atoms with Crippen LogP contribution in [0.25, 0.3) is 0 Å². The molecule has 0 saturated carbocycles. The molecule has 0 bridgehead atoms. The molecule has 0 spiro atoms. The number of likely N-dealkylation sites (N-methyl/N-ethyl adjacent to an activating group) is 1. The van der Waals surface area contributed by atoms with Crippen LogP contribution in [0.4, 0.5) is 0 Å². The van der Waals surface area contributed by atoms with Gasteiger partial charge < -0.3 is 10.0 Å². The Labute approximate surface area is 102 Å². The highest BCUT2D eigenvalue weighted by Crippen LogP contribution is 2.27. The Kier molecular flexibility index (Phi) is 5.08. The summed E-state index contributed by atoms with van der Waals surface area (Å²) in [6.07, 6.45) is 1.73. The summed E-state index contributed by atoms with van der Waals surface area (Å²) < 4.78 is 0. The Balaban J connectivity index is 2.54. The molecule has 2 atom stereocenters. The number of aliphatic carboxylic acids is 1. The molecule has 1 saturated heterocycles. The molecule has 1 aliphatic rings. The summed E-state index contributed by atoms with van der Waals surface area (Å²) >= 11 is 1.73. The van der Waals surface area contributed by atoms with Crippen molar-refractivity contribution in [3.8, 4) is 0 Å². The Hall–Kier alpha value is -0.260. The SMILES string of the molecule is CC(CNC1(C(=O)O)CCCSC1)N(C)C. The summed E-state index contributed by atoms with van der Waals surface area (Å²) in [4.78, 5) is 13.5. The molecule has 2 N–H and O–H groups in total. The lowest BCUT2D eigenvalue weighted by Gasteiger charge is -2.35. The van der Waals surface area contributed by atoms with Crippen LogP contribution in [0.1, 0.15) is 19.8 Å². The molecule has 94 valence electrons. The monoisotopic (exact) mass is 246 g/mol. The fraction of sp³-hybridized carbons (Fsp3) is 0.909. The highest BCUT2D eigenvalue weighted by molar-refractivity contribution is 7.99. The van der Waals surface area contributed by atoms with Gasteiger partial charge in [0.2, 0.25) is 0 Å². The maximum atomic E-state index is 11.4. The van der Waals surface area contributed by atoms with Crippen molar-refractivity contribution in [3.05, 3.63) is 0 Å². The predicted molar refractivity (Wildman–Crippen MR) is 68.1 cm³/mol. The summed E-state index contributed by atoms with van der Waals surface area (Å²) in [6, 6.07) is 0.350. The van der Waals surface area contributed by atoms with Crippen molar-refractivity contribution in [1.82, 2.24) is 10.2 Å². The fourth-order valence-electron chi connectivity index (χ4n) is 1.70. The number of nitrogens with zero attached hydrogens (tertiary/aromatic N) is 1. The molecule has 16 heavy (non-hydrogen) atoms. The molecular weight excluding hydrogens is 224 g/mol. The number of hydrogen-bond acceptors (Lipinski definition) is 4. The molecule has 5 heteroatoms. The molecule has 4 nitrogen and oxygen atoms in total. The predicted octanol–water partition coefficient (Wildman–Crippen LogP) is 0.877. The largest absolute Gasteiger partial charge is 0.480 e. The van der Waals surface area contributed by atoms with Crippen LogP contribution in [0.3, 0.4) is 0 Å². The zero-order chi connectivity index (χ0) is 12.2. The van der Waals surface area contributed by atoms with Gasteiger partial charge in [-0.25, -0.2) is 0 Å². The number of rotatable bonds is 5. The first-order chi connectivity index (χ1) is 7.48. The van der Waals surface area contributed by atoms with Crippen LogP contribution in [0.2, 0.25) is 0 Å². The molecule has 2 unspecified atom stereocenters. The van der Waals surface area contributed by atoms with E-state index in [1.165, 1.54) is 0 Å². The average molecular weight is 246 g/mol. The van der Waals surface area contributed by atoms with Crippen LogP contribution < -0.4 is 5.32 Å². The van der Waals surface area contributed by atoms with Gasteiger partial charge in [-0.1, -0.05) is 0 Å². The van der Waals surface area contributed by atoms with Gasteiger partial charge in [-0.2, -0.15) is 11.8 Å². The summed E-state index contributed by atoms with van der Waals surface area (Å²) in [6.45, 7) is 2.82. The van der Waals surface area contributed by atoms with Crippen molar-refractivity contribution in [3.63, 3.8) is 0 Å². The molecular formula is C11H22N2O2S. The van der Waals surface area contributed by atoms with Gasteiger partial charge in [0.05, 0.1) is 0 Å². The van der Waals surface area contributed by atoms with E-state index < -0.39 is 11.5 Å². The summed E-state index contributed by atoms with van der Waals surface area (Å²) in [5.41, 5.74) is -0.701. The van der Waals surface area contributed by atoms with E-state index in [4.69, 9.17) is 0 Å². The second kappa shape index (κ2) is 5.89. The lowest BCUT2D eigenvalue weighted by atomic mass is 9.95. The van der Waals surface area contributed by atoms with Gasteiger partial charge in [0.15, 0.2) is 0 Å². The Morgan fingerprint density at radius 1 is 1.62 bits per heavy atom. The first kappa shape index (κ1) is 13.8. The topological polar surface area (TPSA) is 52.6 Å². The number of thioether (sulfide) groups is 1. The van der Waals surface area contributed by atoms with E-state index >= 15 is 0 Å². The van der Waals surface area contributed by atoms with Crippen molar-refractivity contribution in [1.29, 1.82) is 0 Å². The quantitative estimate of drug-likeness (QED) is 0.754. The maximum Gasteiger partial charge on any atom is 0.324 e. The fourth-order valence-corrected chi connectivity index (χ4v) is 2.92. The zero-order valence-corrected chi connectivity index (χ0v) is 11.1. The van der Waals surface area contributed by atoms with E-state index in [9.17, 15) is 9.90 Å². The summed E-state index contributed by atoms with van der Waals surface area (Å²) in [5, 5.41) is 12.6.